The van der Waals surface area contributed by atoms with Gasteiger partial charge in [-0.15, -0.1) is 0 Å². The second kappa shape index (κ2) is 6.50. The molecule has 1 aromatic rings. The number of hydrogen-bond donors (Lipinski definition) is 0. The Morgan fingerprint density at radius 2 is 1.41 bits per heavy atom. The van der Waals surface area contributed by atoms with Crippen LogP contribution >= 0.6 is 0 Å². The van der Waals surface area contributed by atoms with Crippen LogP contribution in [0.1, 0.15) is 20.8 Å². The normalized spacial score (nSPS) is 12.5. The molecule has 0 saturated carbocycles. The van der Waals surface area contributed by atoms with Gasteiger partial charge in [-0.05, 0) is 0 Å². The van der Waals surface area contributed by atoms with E-state index in [1.165, 1.54) is 12.1 Å². The second-order valence-electron chi connectivity index (χ2n) is 4.41. The molecule has 0 radical (unpaired) electrons. The minimum absolute atomic E-state index is 0.0529. The van der Waals surface area contributed by atoms with Gasteiger partial charge in [-0.2, -0.15) is 0 Å². The Morgan fingerprint density at radius 1 is 0.909 bits per heavy atom. The van der Waals surface area contributed by atoms with Crippen LogP contribution < -0.4 is 12.6 Å². The van der Waals surface area contributed by atoms with E-state index >= 15 is 0 Å². The van der Waals surface area contributed by atoms with E-state index in [1.54, 1.807) is 6.07 Å². The molecule has 0 amide bonds. The molecule has 0 N–H and O–H groups in total. The molecular formula is C13H14O8Pb. The molecule has 0 bridgehead atoms. The van der Waals surface area contributed by atoms with Crippen LogP contribution in [0, 0.1) is 0 Å². The van der Waals surface area contributed by atoms with E-state index in [2.05, 4.69) is 0 Å². The Balaban J connectivity index is 2.50. The third kappa shape index (κ3) is 3.67. The number of ether oxygens (including phenoxy) is 2. The molecule has 1 aromatic carbocycles. The second-order valence-corrected chi connectivity index (χ2v) is 13.4. The Hall–Kier alpha value is -1.85. The van der Waals surface area contributed by atoms with Crippen LogP contribution in [-0.2, 0) is 22.4 Å². The van der Waals surface area contributed by atoms with Gasteiger partial charge in [-0.25, -0.2) is 0 Å². The number of fused-ring (bicyclic) bond motifs is 1. The topological polar surface area (TPSA) is 97.4 Å². The van der Waals surface area contributed by atoms with Gasteiger partial charge >= 0.3 is 133 Å². The minimum atomic E-state index is -5.15. The summed E-state index contributed by atoms with van der Waals surface area (Å²) in [4.78, 5) is 34.3. The van der Waals surface area contributed by atoms with E-state index in [1.807, 2.05) is 0 Å². The van der Waals surface area contributed by atoms with E-state index in [9.17, 15) is 14.4 Å². The first-order valence-electron chi connectivity index (χ1n) is 6.31. The summed E-state index contributed by atoms with van der Waals surface area (Å²) < 4.78 is 26.4. The first-order valence-corrected chi connectivity index (χ1v) is 13.0. The van der Waals surface area contributed by atoms with Gasteiger partial charge in [0.2, 0.25) is 0 Å². The molecule has 2 rings (SSSR count). The standard InChI is InChI=1S/C7H5O2.3C2H4O2.Pb/c1-2-4-7-6(3-1)8-5-9-7;3*1-2(3)4;/h1,3-4H,5H2;3*1H3,(H,3,4);/q;;;;+3/p-3. The summed E-state index contributed by atoms with van der Waals surface area (Å²) in [5, 5.41) is 0. The third-order valence-corrected chi connectivity index (χ3v) is 13.0. The van der Waals surface area contributed by atoms with Crippen LogP contribution in [0.25, 0.3) is 0 Å². The molecule has 0 fully saturated rings. The molecule has 0 unspecified atom stereocenters. The fraction of sp³-hybridized carbons (Fsp3) is 0.308. The molecule has 0 aromatic heterocycles. The molecule has 9 heteroatoms. The molecule has 0 aliphatic carbocycles. The van der Waals surface area contributed by atoms with Crippen molar-refractivity contribution in [3.05, 3.63) is 18.2 Å². The van der Waals surface area contributed by atoms with Gasteiger partial charge < -0.3 is 0 Å². The zero-order valence-corrected chi connectivity index (χ0v) is 16.1. The Bertz CT molecular complexity index is 586. The van der Waals surface area contributed by atoms with Crippen LogP contribution in [0.2, 0.25) is 0 Å². The molecule has 0 atom stereocenters. The van der Waals surface area contributed by atoms with Crippen molar-refractivity contribution in [2.75, 3.05) is 6.79 Å². The molecule has 22 heavy (non-hydrogen) atoms. The third-order valence-electron chi connectivity index (χ3n) is 2.56. The quantitative estimate of drug-likeness (QED) is 0.538. The predicted octanol–water partition coefficient (Wildman–Crippen LogP) is 0.250. The van der Waals surface area contributed by atoms with Crippen molar-refractivity contribution in [1.82, 2.24) is 0 Å². The Labute approximate surface area is 132 Å². The van der Waals surface area contributed by atoms with Gasteiger partial charge in [-0.3, -0.25) is 0 Å². The monoisotopic (exact) mass is 506 g/mol. The molecule has 1 aliphatic rings. The average Bonchev–Trinajstić information content (AvgIpc) is 2.82. The van der Waals surface area contributed by atoms with Crippen molar-refractivity contribution in [3.63, 3.8) is 0 Å². The van der Waals surface area contributed by atoms with Gasteiger partial charge in [0.1, 0.15) is 0 Å². The molecule has 118 valence electrons. The zero-order valence-electron chi connectivity index (χ0n) is 12.2. The van der Waals surface area contributed by atoms with E-state index in [0.29, 0.717) is 14.6 Å². The van der Waals surface area contributed by atoms with Gasteiger partial charge in [0.25, 0.3) is 0 Å². The van der Waals surface area contributed by atoms with E-state index < -0.39 is 40.4 Å². The maximum absolute atomic E-state index is 11.4. The van der Waals surface area contributed by atoms with Crippen LogP contribution in [-0.4, -0.2) is 47.2 Å². The number of carbonyl (C=O) groups is 3. The number of rotatable bonds is 4. The van der Waals surface area contributed by atoms with Gasteiger partial charge in [0.15, 0.2) is 0 Å². The molecule has 1 heterocycles. The fourth-order valence-electron chi connectivity index (χ4n) is 1.89. The van der Waals surface area contributed by atoms with Crippen LogP contribution in [0.3, 0.4) is 0 Å². The number of benzene rings is 1. The van der Waals surface area contributed by atoms with Crippen LogP contribution in [0.4, 0.5) is 0 Å². The van der Waals surface area contributed by atoms with Crippen molar-refractivity contribution >= 4 is 43.6 Å². The van der Waals surface area contributed by atoms with Gasteiger partial charge in [0.05, 0.1) is 0 Å². The molecule has 0 saturated heterocycles. The molecule has 8 nitrogen and oxygen atoms in total. The molecular weight excluding hydrogens is 491 g/mol. The van der Waals surface area contributed by atoms with Gasteiger partial charge in [0, 0.05) is 0 Å². The summed E-state index contributed by atoms with van der Waals surface area (Å²) in [7, 11) is 0. The van der Waals surface area contributed by atoms with Gasteiger partial charge in [-0.1, -0.05) is 0 Å². The first kappa shape index (κ1) is 16.5. The summed E-state index contributed by atoms with van der Waals surface area (Å²) in [6.07, 6.45) is 0. The van der Waals surface area contributed by atoms with E-state index in [4.69, 9.17) is 17.5 Å². The van der Waals surface area contributed by atoms with Crippen LogP contribution in [0.15, 0.2) is 18.2 Å². The number of carbonyl (C=O) groups excluding carboxylic acids is 3. The summed E-state index contributed by atoms with van der Waals surface area (Å²) in [6, 6.07) is 4.60. The predicted molar refractivity (Wildman–Crippen MR) is 73.3 cm³/mol. The van der Waals surface area contributed by atoms with E-state index in [-0.39, 0.29) is 6.79 Å². The first-order chi connectivity index (χ1) is 10.3. The average molecular weight is 505 g/mol. The Kier molecular flexibility index (Phi) is 4.88. The van der Waals surface area contributed by atoms with Crippen molar-refractivity contribution in [3.8, 4) is 11.5 Å². The fourth-order valence-corrected chi connectivity index (χ4v) is 10.5. The van der Waals surface area contributed by atoms with E-state index in [0.717, 1.165) is 20.8 Å². The number of hydrogen-bond acceptors (Lipinski definition) is 8. The van der Waals surface area contributed by atoms with Crippen molar-refractivity contribution in [1.29, 1.82) is 0 Å². The van der Waals surface area contributed by atoms with Crippen molar-refractivity contribution in [2.24, 2.45) is 0 Å². The van der Waals surface area contributed by atoms with Crippen LogP contribution in [0.5, 0.6) is 11.5 Å². The van der Waals surface area contributed by atoms with Crippen molar-refractivity contribution < 1.29 is 31.9 Å². The summed E-state index contributed by atoms with van der Waals surface area (Å²) in [6.45, 7) is 3.50. The molecule has 0 spiro atoms. The summed E-state index contributed by atoms with van der Waals surface area (Å²) in [5.41, 5.74) is 0. The summed E-state index contributed by atoms with van der Waals surface area (Å²) >= 11 is -5.15. The summed E-state index contributed by atoms with van der Waals surface area (Å²) in [5.74, 6) is -1.22. The maximum atomic E-state index is 11.4. The zero-order chi connectivity index (χ0) is 16.3. The van der Waals surface area contributed by atoms with Crippen molar-refractivity contribution in [2.45, 2.75) is 20.8 Å². The Morgan fingerprint density at radius 3 is 1.91 bits per heavy atom. The SMILES string of the molecule is CC(=O)[O][Pb]([O]C(C)=O)([O]C(C)=O)[c]1ccc2c(c1)OCO2. The molecule has 1 aliphatic heterocycles.